The number of halogens is 1. The van der Waals surface area contributed by atoms with Gasteiger partial charge in [0.25, 0.3) is 0 Å². The molecule has 0 radical (unpaired) electrons. The van der Waals surface area contributed by atoms with Crippen molar-refractivity contribution in [3.8, 4) is 28.7 Å². The van der Waals surface area contributed by atoms with Gasteiger partial charge in [-0.05, 0) is 60.2 Å². The fourth-order valence-corrected chi connectivity index (χ4v) is 3.44. The van der Waals surface area contributed by atoms with Gasteiger partial charge in [-0.25, -0.2) is 4.79 Å². The van der Waals surface area contributed by atoms with E-state index in [1.54, 1.807) is 48.5 Å². The summed E-state index contributed by atoms with van der Waals surface area (Å²) in [6.45, 7) is 0. The monoisotopic (exact) mass is 466 g/mol. The first kappa shape index (κ1) is 22.2. The Labute approximate surface area is 195 Å². The van der Waals surface area contributed by atoms with E-state index in [2.05, 4.69) is 0 Å². The fourth-order valence-electron chi connectivity index (χ4n) is 3.32. The van der Waals surface area contributed by atoms with E-state index in [1.807, 2.05) is 0 Å². The third-order valence-electron chi connectivity index (χ3n) is 4.92. The van der Waals surface area contributed by atoms with Gasteiger partial charge in [-0.2, -0.15) is 0 Å². The molecular weight excluding hydrogens is 448 g/mol. The smallest absolute Gasteiger partial charge is 0.343 e. The van der Waals surface area contributed by atoms with Crippen LogP contribution >= 0.6 is 11.6 Å². The van der Waals surface area contributed by atoms with Crippen LogP contribution < -0.4 is 23.7 Å². The molecule has 3 aromatic carbocycles. The Kier molecular flexibility index (Phi) is 6.24. The number of allylic oxidation sites excluding steroid dienone is 1. The van der Waals surface area contributed by atoms with Crippen molar-refractivity contribution in [1.29, 1.82) is 0 Å². The lowest BCUT2D eigenvalue weighted by Crippen LogP contribution is -2.08. The Morgan fingerprint density at radius 1 is 0.909 bits per heavy atom. The van der Waals surface area contributed by atoms with Gasteiger partial charge in [0, 0.05) is 11.1 Å². The van der Waals surface area contributed by atoms with Gasteiger partial charge in [-0.1, -0.05) is 11.6 Å². The number of hydrogen-bond acceptors (Lipinski definition) is 7. The maximum absolute atomic E-state index is 12.8. The lowest BCUT2D eigenvalue weighted by Gasteiger charge is -2.13. The molecule has 8 heteroatoms. The van der Waals surface area contributed by atoms with Crippen LogP contribution in [0.1, 0.15) is 26.3 Å². The average Bonchev–Trinajstić information content (AvgIpc) is 3.12. The number of hydrogen-bond donors (Lipinski definition) is 0. The summed E-state index contributed by atoms with van der Waals surface area (Å²) in [7, 11) is 4.53. The fraction of sp³-hybridized carbons (Fsp3) is 0.120. The summed E-state index contributed by atoms with van der Waals surface area (Å²) < 4.78 is 27.2. The van der Waals surface area contributed by atoms with Crippen molar-refractivity contribution in [3.05, 3.63) is 82.1 Å². The predicted molar refractivity (Wildman–Crippen MR) is 122 cm³/mol. The van der Waals surface area contributed by atoms with E-state index < -0.39 is 5.97 Å². The molecule has 0 saturated heterocycles. The van der Waals surface area contributed by atoms with Crippen LogP contribution in [0.25, 0.3) is 6.08 Å². The van der Waals surface area contributed by atoms with Crippen molar-refractivity contribution in [2.24, 2.45) is 0 Å². The number of Topliss-reactive ketones (excluding diaryl/α,β-unsaturated/α-hetero) is 1. The number of ether oxygens (including phenoxy) is 5. The van der Waals surface area contributed by atoms with Gasteiger partial charge in [0.2, 0.25) is 11.5 Å². The molecule has 1 aliphatic rings. The summed E-state index contributed by atoms with van der Waals surface area (Å²) in [4.78, 5) is 25.2. The second-order valence-electron chi connectivity index (χ2n) is 6.95. The third kappa shape index (κ3) is 4.49. The summed E-state index contributed by atoms with van der Waals surface area (Å²) in [6, 6.07) is 14.3. The molecule has 1 aliphatic heterocycles. The van der Waals surface area contributed by atoms with E-state index in [-0.39, 0.29) is 17.3 Å². The largest absolute Gasteiger partial charge is 0.493 e. The minimum absolute atomic E-state index is 0.112. The number of esters is 1. The molecule has 3 aromatic rings. The maximum atomic E-state index is 12.8. The Balaban J connectivity index is 1.58. The zero-order valence-electron chi connectivity index (χ0n) is 18.0. The number of ketones is 1. The molecule has 4 rings (SSSR count). The number of rotatable bonds is 6. The summed E-state index contributed by atoms with van der Waals surface area (Å²) in [5.41, 5.74) is 1.33. The Morgan fingerprint density at radius 3 is 2.18 bits per heavy atom. The molecule has 33 heavy (non-hydrogen) atoms. The summed E-state index contributed by atoms with van der Waals surface area (Å²) in [6.07, 6.45) is 1.58. The first-order chi connectivity index (χ1) is 15.9. The molecule has 0 amide bonds. The minimum atomic E-state index is -0.552. The Morgan fingerprint density at radius 2 is 1.58 bits per heavy atom. The molecule has 1 heterocycles. The van der Waals surface area contributed by atoms with Crippen molar-refractivity contribution >= 4 is 29.4 Å². The second-order valence-corrected chi connectivity index (χ2v) is 7.39. The van der Waals surface area contributed by atoms with E-state index >= 15 is 0 Å². The number of benzene rings is 3. The third-order valence-corrected chi connectivity index (χ3v) is 5.17. The van der Waals surface area contributed by atoms with Crippen LogP contribution in [0.15, 0.2) is 60.4 Å². The minimum Gasteiger partial charge on any atom is -0.493 e. The van der Waals surface area contributed by atoms with Gasteiger partial charge in [-0.3, -0.25) is 4.79 Å². The van der Waals surface area contributed by atoms with Crippen LogP contribution in [0.3, 0.4) is 0 Å². The Hall–Kier alpha value is -3.97. The van der Waals surface area contributed by atoms with Crippen molar-refractivity contribution < 1.29 is 33.3 Å². The molecule has 0 atom stereocenters. The standard InChI is InChI=1S/C25H19ClO7/c1-29-21-11-14(12-22(30-2)24(21)31-3)10-20-23(27)18-9-8-17(13-19(18)33-20)32-25(28)15-4-6-16(26)7-5-15/h4-13H,1-3H3/b20-10-. The van der Waals surface area contributed by atoms with E-state index in [0.717, 1.165) is 0 Å². The van der Waals surface area contributed by atoms with E-state index in [0.29, 0.717) is 44.7 Å². The maximum Gasteiger partial charge on any atom is 0.343 e. The number of carbonyl (C=O) groups excluding carboxylic acids is 2. The highest BCUT2D eigenvalue weighted by atomic mass is 35.5. The van der Waals surface area contributed by atoms with Gasteiger partial charge in [0.05, 0.1) is 32.5 Å². The molecular formula is C25H19ClO7. The second kappa shape index (κ2) is 9.26. The SMILES string of the molecule is COc1cc(/C=C2\Oc3cc(OC(=O)c4ccc(Cl)cc4)ccc3C2=O)cc(OC)c1OC. The van der Waals surface area contributed by atoms with Gasteiger partial charge in [-0.15, -0.1) is 0 Å². The quantitative estimate of drug-likeness (QED) is 0.280. The lowest BCUT2D eigenvalue weighted by molar-refractivity contribution is 0.0734. The van der Waals surface area contributed by atoms with E-state index in [4.69, 9.17) is 35.3 Å². The lowest BCUT2D eigenvalue weighted by atomic mass is 10.1. The van der Waals surface area contributed by atoms with Gasteiger partial charge in [0.1, 0.15) is 11.5 Å². The highest BCUT2D eigenvalue weighted by molar-refractivity contribution is 6.30. The van der Waals surface area contributed by atoms with Crippen molar-refractivity contribution in [2.45, 2.75) is 0 Å². The molecule has 7 nitrogen and oxygen atoms in total. The van der Waals surface area contributed by atoms with Crippen LogP contribution in [0.5, 0.6) is 28.7 Å². The van der Waals surface area contributed by atoms with Gasteiger partial charge in [0.15, 0.2) is 17.3 Å². The molecule has 168 valence electrons. The number of carbonyl (C=O) groups is 2. The molecule has 0 fully saturated rings. The van der Waals surface area contributed by atoms with Crippen LogP contribution in [0, 0.1) is 0 Å². The molecule has 0 aliphatic carbocycles. The van der Waals surface area contributed by atoms with Gasteiger partial charge >= 0.3 is 5.97 Å². The van der Waals surface area contributed by atoms with Crippen molar-refractivity contribution in [1.82, 2.24) is 0 Å². The van der Waals surface area contributed by atoms with Gasteiger partial charge < -0.3 is 23.7 Å². The predicted octanol–water partition coefficient (Wildman–Crippen LogP) is 5.20. The molecule has 0 saturated carbocycles. The number of fused-ring (bicyclic) bond motifs is 1. The van der Waals surface area contributed by atoms with Crippen LogP contribution in [-0.4, -0.2) is 33.1 Å². The highest BCUT2D eigenvalue weighted by Crippen LogP contribution is 2.40. The molecule has 0 unspecified atom stereocenters. The normalized spacial score (nSPS) is 13.3. The molecule has 0 spiro atoms. The zero-order chi connectivity index (χ0) is 23.5. The summed E-state index contributed by atoms with van der Waals surface area (Å²) in [5, 5.41) is 0.516. The van der Waals surface area contributed by atoms with Crippen molar-refractivity contribution in [3.63, 3.8) is 0 Å². The zero-order valence-corrected chi connectivity index (χ0v) is 18.8. The van der Waals surface area contributed by atoms with Crippen LogP contribution in [0.4, 0.5) is 0 Å². The first-order valence-corrected chi connectivity index (χ1v) is 10.2. The van der Waals surface area contributed by atoms with Crippen LogP contribution in [-0.2, 0) is 0 Å². The van der Waals surface area contributed by atoms with Crippen molar-refractivity contribution in [2.75, 3.05) is 21.3 Å². The summed E-state index contributed by atoms with van der Waals surface area (Å²) in [5.74, 6) is 1.14. The van der Waals surface area contributed by atoms with E-state index in [1.165, 1.54) is 33.5 Å². The summed E-state index contributed by atoms with van der Waals surface area (Å²) >= 11 is 5.85. The Bertz CT molecular complexity index is 1240. The molecule has 0 bridgehead atoms. The first-order valence-electron chi connectivity index (χ1n) is 9.79. The number of methoxy groups -OCH3 is 3. The molecule has 0 aromatic heterocycles. The molecule has 0 N–H and O–H groups in total. The topological polar surface area (TPSA) is 80.3 Å². The van der Waals surface area contributed by atoms with Crippen LogP contribution in [0.2, 0.25) is 5.02 Å². The highest BCUT2D eigenvalue weighted by Gasteiger charge is 2.28. The average molecular weight is 467 g/mol. The van der Waals surface area contributed by atoms with E-state index in [9.17, 15) is 9.59 Å².